The molecule has 1 aromatic rings. The first-order valence-electron chi connectivity index (χ1n) is 7.37. The van der Waals surface area contributed by atoms with E-state index in [2.05, 4.69) is 16.1 Å². The van der Waals surface area contributed by atoms with E-state index >= 15 is 0 Å². The number of halogens is 6. The molecule has 8 nitrogen and oxygen atoms in total. The first kappa shape index (κ1) is 25.2. The number of esters is 2. The molecule has 0 radical (unpaired) electrons. The Balaban J connectivity index is 2.98. The highest BCUT2D eigenvalue weighted by molar-refractivity contribution is 7.85. The van der Waals surface area contributed by atoms with Crippen LogP contribution < -0.4 is 9.47 Å². The van der Waals surface area contributed by atoms with Crippen molar-refractivity contribution in [3.8, 4) is 11.5 Å². The lowest BCUT2D eigenvalue weighted by molar-refractivity contribution is -0.361. The fourth-order valence-corrected chi connectivity index (χ4v) is 2.73. The highest BCUT2D eigenvalue weighted by Gasteiger charge is 2.75. The van der Waals surface area contributed by atoms with Gasteiger partial charge in [-0.2, -0.15) is 26.3 Å². The maximum Gasteiger partial charge on any atom is 0.438 e. The van der Waals surface area contributed by atoms with Gasteiger partial charge in [0.2, 0.25) is 0 Å². The normalized spacial score (nSPS) is 12.8. The maximum absolute atomic E-state index is 13.0. The largest absolute Gasteiger partial charge is 0.748 e. The van der Waals surface area contributed by atoms with E-state index < -0.39 is 52.4 Å². The van der Waals surface area contributed by atoms with Gasteiger partial charge in [0.05, 0.1) is 15.9 Å². The molecule has 0 saturated carbocycles. The van der Waals surface area contributed by atoms with Gasteiger partial charge in [0.1, 0.15) is 11.5 Å². The maximum atomic E-state index is 13.0. The average molecular weight is 465 g/mol. The van der Waals surface area contributed by atoms with Crippen molar-refractivity contribution in [1.29, 1.82) is 0 Å². The smallest absolute Gasteiger partial charge is 0.438 e. The second-order valence-corrected chi connectivity index (χ2v) is 6.79. The molecule has 0 heterocycles. The van der Waals surface area contributed by atoms with Crippen molar-refractivity contribution in [3.63, 3.8) is 0 Å². The predicted octanol–water partition coefficient (Wildman–Crippen LogP) is 2.11. The summed E-state index contributed by atoms with van der Waals surface area (Å²) >= 11 is 0. The Kier molecular flexibility index (Phi) is 7.49. The minimum atomic E-state index is -6.48. The van der Waals surface area contributed by atoms with Crippen molar-refractivity contribution in [1.82, 2.24) is 0 Å². The zero-order valence-electron chi connectivity index (χ0n) is 14.5. The van der Waals surface area contributed by atoms with Gasteiger partial charge in [0, 0.05) is 6.08 Å². The minimum Gasteiger partial charge on any atom is -0.748 e. The van der Waals surface area contributed by atoms with Gasteiger partial charge >= 0.3 is 29.9 Å². The molecule has 0 atom stereocenters. The third-order valence-corrected chi connectivity index (χ3v) is 3.91. The highest BCUT2D eigenvalue weighted by Crippen LogP contribution is 2.46. The van der Waals surface area contributed by atoms with Crippen molar-refractivity contribution in [2.24, 2.45) is 0 Å². The molecule has 30 heavy (non-hydrogen) atoms. The van der Waals surface area contributed by atoms with E-state index in [1.54, 1.807) is 0 Å². The van der Waals surface area contributed by atoms with Crippen LogP contribution in [0.4, 0.5) is 26.3 Å². The highest BCUT2D eigenvalue weighted by atomic mass is 32.2. The summed E-state index contributed by atoms with van der Waals surface area (Å²) in [5.74, 6) is -6.47. The Morgan fingerprint density at radius 2 is 1.47 bits per heavy atom. The van der Waals surface area contributed by atoms with Crippen LogP contribution in [0.5, 0.6) is 11.5 Å². The monoisotopic (exact) mass is 465 g/mol. The molecule has 0 aliphatic rings. The molecule has 0 fully saturated rings. The summed E-state index contributed by atoms with van der Waals surface area (Å²) in [6.07, 6.45) is -12.1. The van der Waals surface area contributed by atoms with Crippen LogP contribution in [0.3, 0.4) is 0 Å². The van der Waals surface area contributed by atoms with E-state index in [1.807, 2.05) is 0 Å². The fourth-order valence-electron chi connectivity index (χ4n) is 1.85. The van der Waals surface area contributed by atoms with E-state index in [-0.39, 0.29) is 11.5 Å². The molecule has 15 heteroatoms. The third kappa shape index (κ3) is 6.62. The lowest BCUT2D eigenvalue weighted by Gasteiger charge is -2.36. The van der Waals surface area contributed by atoms with Crippen molar-refractivity contribution >= 4 is 22.1 Å². The second-order valence-electron chi connectivity index (χ2n) is 5.38. The molecule has 0 bridgehead atoms. The Hall–Kier alpha value is -2.81. The second kappa shape index (κ2) is 8.91. The number of hydrogen-bond acceptors (Lipinski definition) is 8. The molecule has 0 amide bonds. The van der Waals surface area contributed by atoms with Crippen molar-refractivity contribution in [2.75, 3.05) is 12.4 Å². The van der Waals surface area contributed by atoms with Gasteiger partial charge in [-0.3, -0.25) is 0 Å². The number of carbonyl (C=O) groups is 2. The van der Waals surface area contributed by atoms with Crippen LogP contribution in [-0.2, 0) is 24.4 Å². The third-order valence-electron chi connectivity index (χ3n) is 3.15. The van der Waals surface area contributed by atoms with Gasteiger partial charge < -0.3 is 18.8 Å². The first-order valence-corrected chi connectivity index (χ1v) is 8.94. The van der Waals surface area contributed by atoms with E-state index in [0.717, 1.165) is 30.3 Å². The van der Waals surface area contributed by atoms with Gasteiger partial charge in [-0.05, 0) is 24.3 Å². The van der Waals surface area contributed by atoms with E-state index in [9.17, 15) is 48.9 Å². The topological polar surface area (TPSA) is 119 Å². The number of rotatable bonds is 8. The quantitative estimate of drug-likeness (QED) is 0.188. The van der Waals surface area contributed by atoms with Crippen LogP contribution in [0.2, 0.25) is 0 Å². The Bertz CT molecular complexity index is 875. The Labute approximate surface area is 164 Å². The number of benzene rings is 1. The average Bonchev–Trinajstić information content (AvgIpc) is 2.57. The lowest BCUT2D eigenvalue weighted by atomic mass is 10.1. The summed E-state index contributed by atoms with van der Waals surface area (Å²) in [4.78, 5) is 22.5. The number of hydrogen-bond donors (Lipinski definition) is 0. The molecular weight excluding hydrogens is 454 g/mol. The van der Waals surface area contributed by atoms with Gasteiger partial charge in [-0.1, -0.05) is 6.58 Å². The van der Waals surface area contributed by atoms with Gasteiger partial charge in [-0.25, -0.2) is 18.0 Å². The number of alkyl halides is 6. The number of carbonyl (C=O) groups excluding carboxylic acids is 2. The molecule has 0 saturated heterocycles. The Morgan fingerprint density at radius 3 is 1.87 bits per heavy atom. The predicted molar refractivity (Wildman–Crippen MR) is 83.3 cm³/mol. The summed E-state index contributed by atoms with van der Waals surface area (Å²) in [6, 6.07) is 4.31. The van der Waals surface area contributed by atoms with E-state index in [1.165, 1.54) is 0 Å². The molecule has 0 unspecified atom stereocenters. The zero-order valence-corrected chi connectivity index (χ0v) is 15.3. The molecule has 0 N–H and O–H groups in total. The molecule has 0 aliphatic carbocycles. The van der Waals surface area contributed by atoms with Crippen LogP contribution in [-0.4, -0.2) is 55.2 Å². The molecule has 1 aromatic carbocycles. The van der Waals surface area contributed by atoms with Gasteiger partial charge in [-0.15, -0.1) is 0 Å². The first-order chi connectivity index (χ1) is 13.5. The summed E-state index contributed by atoms with van der Waals surface area (Å²) in [7, 11) is -6.13. The van der Waals surface area contributed by atoms with E-state index in [4.69, 9.17) is 4.74 Å². The van der Waals surface area contributed by atoms with Gasteiger partial charge in [0.25, 0.3) is 0 Å². The van der Waals surface area contributed by atoms with Crippen LogP contribution in [0.1, 0.15) is 0 Å². The SMILES string of the molecule is C=CC(=O)Oc1ccc(OCC(=O)OC(CS(=O)(=O)[O-])(C(F)(F)F)C(F)(F)F)cc1. The standard InChI is InChI=1S/C15H12F6O8S/c1-2-11(22)28-10-5-3-9(4-6-10)27-7-12(23)29-13(14(16,17)18,15(19,20)21)8-30(24,25)26/h2-6H,1,7-8H2,(H,24,25,26)/p-1. The molecule has 168 valence electrons. The summed E-state index contributed by atoms with van der Waals surface area (Å²) < 4.78 is 123. The van der Waals surface area contributed by atoms with Crippen LogP contribution in [0.25, 0.3) is 0 Å². The van der Waals surface area contributed by atoms with Crippen molar-refractivity contribution < 1.29 is 63.1 Å². The summed E-state index contributed by atoms with van der Waals surface area (Å²) in [5, 5.41) is 0. The zero-order chi connectivity index (χ0) is 23.4. The molecule has 1 rings (SSSR count). The molecule has 0 aliphatic heterocycles. The van der Waals surface area contributed by atoms with Crippen LogP contribution in [0.15, 0.2) is 36.9 Å². The van der Waals surface area contributed by atoms with Crippen molar-refractivity contribution in [3.05, 3.63) is 36.9 Å². The summed E-state index contributed by atoms with van der Waals surface area (Å²) in [5.41, 5.74) is -5.58. The number of ether oxygens (including phenoxy) is 3. The van der Waals surface area contributed by atoms with Crippen molar-refractivity contribution in [2.45, 2.75) is 18.0 Å². The molecular formula is C15H11F6O8S-. The minimum absolute atomic E-state index is 0.0244. The van der Waals surface area contributed by atoms with Crippen LogP contribution >= 0.6 is 0 Å². The van der Waals surface area contributed by atoms with Gasteiger partial charge in [0.15, 0.2) is 6.61 Å². The lowest BCUT2D eigenvalue weighted by Crippen LogP contribution is -2.63. The van der Waals surface area contributed by atoms with Crippen LogP contribution in [0, 0.1) is 0 Å². The van der Waals surface area contributed by atoms with E-state index in [0.29, 0.717) is 0 Å². The molecule has 0 spiro atoms. The summed E-state index contributed by atoms with van der Waals surface area (Å²) in [6.45, 7) is 1.64. The molecule has 0 aromatic heterocycles. The Morgan fingerprint density at radius 1 is 1.00 bits per heavy atom. The fraction of sp³-hybridized carbons (Fsp3) is 0.333.